The van der Waals surface area contributed by atoms with Crippen molar-refractivity contribution in [3.8, 4) is 0 Å². The lowest BCUT2D eigenvalue weighted by molar-refractivity contribution is -0.142. The summed E-state index contributed by atoms with van der Waals surface area (Å²) in [6.07, 6.45) is 20.6. The predicted octanol–water partition coefficient (Wildman–Crippen LogP) is 3.56. The molecule has 0 heterocycles. The molecule has 0 spiro atoms. The highest BCUT2D eigenvalue weighted by molar-refractivity contribution is 6.06. The minimum absolute atomic E-state index is 0.0142. The molecule has 4 amide bonds. The summed E-state index contributed by atoms with van der Waals surface area (Å²) in [4.78, 5) is 82.8. The number of unbranched alkanes of at least 4 members (excludes halogenated alkanes) is 16. The van der Waals surface area contributed by atoms with E-state index in [9.17, 15) is 38.7 Å². The van der Waals surface area contributed by atoms with E-state index in [1.165, 1.54) is 44.9 Å². The van der Waals surface area contributed by atoms with Crippen LogP contribution in [0.5, 0.6) is 0 Å². The van der Waals surface area contributed by atoms with E-state index in [1.54, 1.807) is 7.05 Å². The van der Waals surface area contributed by atoms with Gasteiger partial charge in [0.05, 0.1) is 18.1 Å². The molecule has 3 unspecified atom stereocenters. The lowest BCUT2D eigenvalue weighted by Gasteiger charge is -2.17. The molecule has 0 fully saturated rings. The van der Waals surface area contributed by atoms with Gasteiger partial charge >= 0.3 is 17.9 Å². The van der Waals surface area contributed by atoms with Gasteiger partial charge in [-0.3, -0.25) is 28.8 Å². The van der Waals surface area contributed by atoms with Crippen LogP contribution in [0.3, 0.4) is 0 Å². The molecule has 0 bridgehead atoms. The monoisotopic (exact) mass is 852 g/mol. The second-order valence-electron chi connectivity index (χ2n) is 15.8. The maximum absolute atomic E-state index is 12.5. The van der Waals surface area contributed by atoms with Gasteiger partial charge in [0, 0.05) is 38.9 Å². The molecule has 0 aliphatic carbocycles. The molecule has 0 aliphatic heterocycles. The third-order valence-corrected chi connectivity index (χ3v) is 10.5. The molecule has 17 nitrogen and oxygen atoms in total. The number of rotatable bonds is 42. The summed E-state index contributed by atoms with van der Waals surface area (Å²) in [5.41, 5.74) is 6.04. The Morgan fingerprint density at radius 3 is 1.37 bits per heavy atom. The van der Waals surface area contributed by atoms with Gasteiger partial charge in [-0.15, -0.1) is 0 Å². The van der Waals surface area contributed by atoms with Crippen molar-refractivity contribution in [2.75, 3.05) is 26.7 Å². The van der Waals surface area contributed by atoms with E-state index in [2.05, 4.69) is 31.8 Å². The number of nitrogens with two attached hydrogens (primary N) is 1. The van der Waals surface area contributed by atoms with Crippen molar-refractivity contribution in [2.24, 2.45) is 5.73 Å². The van der Waals surface area contributed by atoms with Gasteiger partial charge in [0.25, 0.3) is 0 Å². The molecule has 0 aliphatic rings. The van der Waals surface area contributed by atoms with Gasteiger partial charge in [-0.2, -0.15) is 0 Å². The van der Waals surface area contributed by atoms with Gasteiger partial charge in [-0.25, -0.2) is 4.79 Å². The zero-order valence-corrected chi connectivity index (χ0v) is 36.4. The molecule has 0 aromatic rings. The van der Waals surface area contributed by atoms with Gasteiger partial charge in [0.15, 0.2) is 7.98 Å². The maximum Gasteiger partial charge on any atom is 0.326 e. The minimum atomic E-state index is -1.18. The van der Waals surface area contributed by atoms with E-state index in [1.807, 2.05) is 0 Å². The van der Waals surface area contributed by atoms with Crippen LogP contribution >= 0.6 is 0 Å². The van der Waals surface area contributed by atoms with Gasteiger partial charge in [0.2, 0.25) is 23.6 Å². The highest BCUT2D eigenvalue weighted by Crippen LogP contribution is 2.14. The predicted molar refractivity (Wildman–Crippen MR) is 232 cm³/mol. The Bertz CT molecular complexity index is 1220. The van der Waals surface area contributed by atoms with Crippen LogP contribution in [0.15, 0.2) is 0 Å². The summed E-state index contributed by atoms with van der Waals surface area (Å²) in [7, 11) is 6.92. The van der Waals surface area contributed by atoms with Crippen molar-refractivity contribution < 1.29 is 48.9 Å². The number of hydrogen-bond donors (Lipinski definition) is 10. The number of likely N-dealkylation sites (N-methyl/N-ethyl adjacent to an activating group) is 1. The van der Waals surface area contributed by atoms with Crippen LogP contribution in [0.4, 0.5) is 0 Å². The zero-order valence-electron chi connectivity index (χ0n) is 36.4. The zero-order chi connectivity index (χ0) is 44.8. The fraction of sp³-hybridized carbons (Fsp3) is 0.833. The van der Waals surface area contributed by atoms with Crippen molar-refractivity contribution in [1.82, 2.24) is 31.8 Å². The lowest BCUT2D eigenvalue weighted by Crippen LogP contribution is -2.43. The molecular weight excluding hydrogens is 773 g/mol. The van der Waals surface area contributed by atoms with Crippen molar-refractivity contribution >= 4 is 49.5 Å². The molecule has 60 heavy (non-hydrogen) atoms. The lowest BCUT2D eigenvalue weighted by atomic mass is 10.0. The first-order valence-electron chi connectivity index (χ1n) is 22.5. The minimum Gasteiger partial charge on any atom is -0.481 e. The van der Waals surface area contributed by atoms with Crippen LogP contribution in [0.1, 0.15) is 173 Å². The number of carboxylic acid groups (broad SMARTS) is 3. The molecule has 0 rings (SSSR count). The van der Waals surface area contributed by atoms with Gasteiger partial charge in [-0.05, 0) is 84.1 Å². The fourth-order valence-corrected chi connectivity index (χ4v) is 6.73. The number of hydrogen-bond acceptors (Lipinski definition) is 10. The van der Waals surface area contributed by atoms with Crippen LogP contribution in [-0.2, 0) is 33.6 Å². The molecular formula is C42H78BN7O10. The van der Waals surface area contributed by atoms with E-state index in [4.69, 9.17) is 23.9 Å². The Labute approximate surface area is 359 Å². The highest BCUT2D eigenvalue weighted by atomic mass is 16.4. The van der Waals surface area contributed by atoms with Crippen LogP contribution in [-0.4, -0.2) is 116 Å². The van der Waals surface area contributed by atoms with E-state index in [-0.39, 0.29) is 55.4 Å². The second kappa shape index (κ2) is 38.2. The normalized spacial score (nSPS) is 13.1. The number of amides is 4. The smallest absolute Gasteiger partial charge is 0.326 e. The molecule has 4 atom stereocenters. The molecule has 0 saturated heterocycles. The van der Waals surface area contributed by atoms with Crippen LogP contribution in [0, 0.1) is 0 Å². The van der Waals surface area contributed by atoms with E-state index in [0.717, 1.165) is 38.5 Å². The molecule has 2 radical (unpaired) electrons. The number of aliphatic carboxylic acids is 3. The van der Waals surface area contributed by atoms with Gasteiger partial charge < -0.3 is 52.9 Å². The Morgan fingerprint density at radius 2 is 0.900 bits per heavy atom. The molecule has 18 heteroatoms. The number of nitrogens with one attached hydrogen (secondary N) is 6. The van der Waals surface area contributed by atoms with Crippen molar-refractivity contribution in [2.45, 2.75) is 198 Å². The van der Waals surface area contributed by atoms with Crippen LogP contribution in [0.25, 0.3) is 0 Å². The van der Waals surface area contributed by atoms with E-state index < -0.39 is 36.0 Å². The van der Waals surface area contributed by atoms with Crippen molar-refractivity contribution in [3.63, 3.8) is 0 Å². The Balaban J connectivity index is 3.93. The summed E-state index contributed by atoms with van der Waals surface area (Å²) in [6, 6.07) is -3.04. The molecule has 11 N–H and O–H groups in total. The number of carbonyl (C=O) groups excluding carboxylic acids is 4. The summed E-state index contributed by atoms with van der Waals surface area (Å²) in [5, 5.41) is 43.4. The summed E-state index contributed by atoms with van der Waals surface area (Å²) in [6.45, 7) is 1.20. The Kier molecular flexibility index (Phi) is 35.8. The Hall–Kier alpha value is -3.77. The summed E-state index contributed by atoms with van der Waals surface area (Å²) < 4.78 is 0. The summed E-state index contributed by atoms with van der Waals surface area (Å²) in [5.74, 6) is -3.96. The topological polar surface area (TPSA) is 278 Å². The largest absolute Gasteiger partial charge is 0.481 e. The maximum atomic E-state index is 12.5. The van der Waals surface area contributed by atoms with Crippen molar-refractivity contribution in [1.29, 1.82) is 0 Å². The first-order valence-corrected chi connectivity index (χ1v) is 22.5. The fourth-order valence-electron chi connectivity index (χ4n) is 6.73. The van der Waals surface area contributed by atoms with Gasteiger partial charge in [0.1, 0.15) is 6.04 Å². The van der Waals surface area contributed by atoms with Gasteiger partial charge in [-0.1, -0.05) is 77.0 Å². The number of carbonyl (C=O) groups is 7. The third-order valence-electron chi connectivity index (χ3n) is 10.5. The quantitative estimate of drug-likeness (QED) is 0.0311. The van der Waals surface area contributed by atoms with E-state index >= 15 is 0 Å². The molecule has 344 valence electrons. The van der Waals surface area contributed by atoms with Crippen LogP contribution in [0.2, 0.25) is 0 Å². The van der Waals surface area contributed by atoms with Crippen LogP contribution < -0.4 is 37.5 Å². The second-order valence-corrected chi connectivity index (χ2v) is 15.8. The first-order chi connectivity index (χ1) is 28.8. The van der Waals surface area contributed by atoms with Crippen molar-refractivity contribution in [3.05, 3.63) is 0 Å². The number of carboxylic acids is 3. The Morgan fingerprint density at radius 1 is 0.467 bits per heavy atom. The molecule has 0 aromatic heterocycles. The highest BCUT2D eigenvalue weighted by Gasteiger charge is 2.21. The average Bonchev–Trinajstić information content (AvgIpc) is 3.21. The van der Waals surface area contributed by atoms with E-state index in [0.29, 0.717) is 83.8 Å². The molecule has 0 saturated carbocycles. The average molecular weight is 852 g/mol. The summed E-state index contributed by atoms with van der Waals surface area (Å²) >= 11 is 0. The molecule has 0 aromatic carbocycles. The first kappa shape index (κ1) is 56.2. The standard InChI is InChI=1S/C42H78BN7O10/c1-45-33(40(56)48-31-21-18-24-35(50-43)42(59)60)23-17-20-30-47-39(55)32(44)22-16-19-29-46-36(51)28-27-34(41(57)58)49-37(52)25-14-12-10-8-6-4-2-3-5-7-9-11-13-15-26-38(53)54/h32-35,45,50H,2-31,44H2,1H3,(H,46,51)(H,47,55)(H,48,56)(H,49,52)(H,53,54)(H,57,58)(H,59,60)/t32-,33?,34?,35?/m0/s1. The SMILES string of the molecule is [B]NC(CCCCNC(=O)C(CCCCNC(=O)[C@@H](N)CCCCNC(=O)CCC(NC(=O)CCCCCCCCCCCCCCCCC(=O)O)C(=O)O)NC)C(=O)O. The third kappa shape index (κ3) is 33.0.